The zero-order chi connectivity index (χ0) is 16.1. The van der Waals surface area contributed by atoms with E-state index < -0.39 is 8.07 Å². The average Bonchev–Trinajstić information content (AvgIpc) is 3.06. The van der Waals surface area contributed by atoms with Gasteiger partial charge in [-0.3, -0.25) is 0 Å². The summed E-state index contributed by atoms with van der Waals surface area (Å²) in [5.41, 5.74) is 3.14. The third-order valence-electron chi connectivity index (χ3n) is 5.16. The van der Waals surface area contributed by atoms with Crippen molar-refractivity contribution in [2.75, 3.05) is 13.2 Å². The first-order valence-electron chi connectivity index (χ1n) is 7.79. The van der Waals surface area contributed by atoms with Crippen molar-refractivity contribution in [3.05, 3.63) is 17.7 Å². The first-order chi connectivity index (χ1) is 10.2. The first kappa shape index (κ1) is 15.6. The monoisotopic (exact) mass is 319 g/mol. The van der Waals surface area contributed by atoms with Gasteiger partial charge >= 0.3 is 0 Å². The van der Waals surface area contributed by atoms with Crippen LogP contribution >= 0.6 is 0 Å². The molecular weight excluding hydrogens is 294 g/mol. The van der Waals surface area contributed by atoms with E-state index in [4.69, 9.17) is 9.47 Å². The molecule has 0 amide bonds. The van der Waals surface area contributed by atoms with Crippen molar-refractivity contribution < 1.29 is 9.47 Å². The van der Waals surface area contributed by atoms with Crippen molar-refractivity contribution in [1.82, 2.24) is 15.0 Å². The molecule has 22 heavy (non-hydrogen) atoms. The van der Waals surface area contributed by atoms with Gasteiger partial charge in [-0.2, -0.15) is 0 Å². The minimum absolute atomic E-state index is 0.236. The minimum Gasteiger partial charge on any atom is -0.346 e. The lowest BCUT2D eigenvalue weighted by molar-refractivity contribution is -0.0439. The second-order valence-corrected chi connectivity index (χ2v) is 12.9. The highest BCUT2D eigenvalue weighted by molar-refractivity contribution is 6.93. The van der Waals surface area contributed by atoms with Gasteiger partial charge in [0.2, 0.25) is 0 Å². The zero-order valence-corrected chi connectivity index (χ0v) is 15.3. The van der Waals surface area contributed by atoms with E-state index in [2.05, 4.69) is 56.3 Å². The molecule has 0 atom stereocenters. The van der Waals surface area contributed by atoms with Crippen molar-refractivity contribution >= 4 is 24.3 Å². The SMILES string of the molecule is Cn1nnc2cc(C3OCCO3)cc([Si](C)(C)C(C)(C)C)c21. The van der Waals surface area contributed by atoms with E-state index >= 15 is 0 Å². The Morgan fingerprint density at radius 2 is 1.82 bits per heavy atom. The summed E-state index contributed by atoms with van der Waals surface area (Å²) < 4.78 is 13.3. The summed E-state index contributed by atoms with van der Waals surface area (Å²) in [6.45, 7) is 13.1. The van der Waals surface area contributed by atoms with E-state index in [0.717, 1.165) is 16.6 Å². The zero-order valence-electron chi connectivity index (χ0n) is 14.3. The second kappa shape index (κ2) is 5.14. The van der Waals surface area contributed by atoms with Crippen LogP contribution in [-0.2, 0) is 16.5 Å². The molecule has 120 valence electrons. The van der Waals surface area contributed by atoms with Crippen LogP contribution in [0.1, 0.15) is 32.6 Å². The summed E-state index contributed by atoms with van der Waals surface area (Å²) in [7, 11) is 0.232. The predicted octanol–water partition coefficient (Wildman–Crippen LogP) is 2.73. The molecule has 0 aliphatic carbocycles. The number of hydrogen-bond donors (Lipinski definition) is 0. The van der Waals surface area contributed by atoms with Crippen LogP contribution in [0.5, 0.6) is 0 Å². The molecule has 0 radical (unpaired) electrons. The fraction of sp³-hybridized carbons (Fsp3) is 0.625. The van der Waals surface area contributed by atoms with E-state index in [0.29, 0.717) is 13.2 Å². The van der Waals surface area contributed by atoms with Gasteiger partial charge in [0.25, 0.3) is 0 Å². The maximum Gasteiger partial charge on any atom is 0.184 e. The lowest BCUT2D eigenvalue weighted by Crippen LogP contribution is -2.50. The molecule has 0 saturated carbocycles. The highest BCUT2D eigenvalue weighted by Crippen LogP contribution is 2.37. The van der Waals surface area contributed by atoms with Gasteiger partial charge < -0.3 is 9.47 Å². The highest BCUT2D eigenvalue weighted by Gasteiger charge is 2.39. The number of aromatic nitrogens is 3. The summed E-state index contributed by atoms with van der Waals surface area (Å²) in [5, 5.41) is 10.2. The molecule has 1 aromatic heterocycles. The van der Waals surface area contributed by atoms with E-state index in [1.165, 1.54) is 5.19 Å². The maximum atomic E-state index is 5.69. The number of benzene rings is 1. The Bertz CT molecular complexity index is 697. The van der Waals surface area contributed by atoms with Crippen LogP contribution in [0.2, 0.25) is 18.1 Å². The molecule has 1 aliphatic heterocycles. The molecule has 5 nitrogen and oxygen atoms in total. The average molecular weight is 319 g/mol. The van der Waals surface area contributed by atoms with Crippen LogP contribution in [0.3, 0.4) is 0 Å². The van der Waals surface area contributed by atoms with E-state index in [9.17, 15) is 0 Å². The van der Waals surface area contributed by atoms with Crippen molar-refractivity contribution in [1.29, 1.82) is 0 Å². The van der Waals surface area contributed by atoms with Gasteiger partial charge in [0.05, 0.1) is 26.8 Å². The van der Waals surface area contributed by atoms with Crippen LogP contribution in [0, 0.1) is 0 Å². The van der Waals surface area contributed by atoms with Crippen LogP contribution in [-0.4, -0.2) is 36.3 Å². The van der Waals surface area contributed by atoms with Crippen molar-refractivity contribution in [2.24, 2.45) is 7.05 Å². The number of aryl methyl sites for hydroxylation is 1. The van der Waals surface area contributed by atoms with Crippen molar-refractivity contribution in [2.45, 2.75) is 45.2 Å². The molecule has 1 aromatic carbocycles. The maximum absolute atomic E-state index is 5.69. The Kier molecular flexibility index (Phi) is 3.66. The molecule has 0 N–H and O–H groups in total. The van der Waals surface area contributed by atoms with Crippen molar-refractivity contribution in [3.8, 4) is 0 Å². The molecule has 2 aromatic rings. The number of hydrogen-bond acceptors (Lipinski definition) is 4. The Labute approximate surface area is 132 Å². The molecule has 6 heteroatoms. The summed E-state index contributed by atoms with van der Waals surface area (Å²) >= 11 is 0. The molecule has 1 saturated heterocycles. The lowest BCUT2D eigenvalue weighted by atomic mass is 10.2. The molecule has 0 bridgehead atoms. The topological polar surface area (TPSA) is 49.2 Å². The number of fused-ring (bicyclic) bond motifs is 1. The fourth-order valence-electron chi connectivity index (χ4n) is 2.78. The standard InChI is InChI=1S/C16H25N3O2Si/c1-16(2,3)22(5,6)13-10-11(15-20-7-8-21-15)9-12-14(13)19(4)18-17-12/h9-10,15H,7-8H2,1-6H3. The second-order valence-electron chi connectivity index (χ2n) is 7.60. The Balaban J connectivity index is 2.24. The number of rotatable bonds is 2. The third kappa shape index (κ3) is 2.39. The quantitative estimate of drug-likeness (QED) is 0.799. The van der Waals surface area contributed by atoms with Crippen LogP contribution in [0.25, 0.3) is 11.0 Å². The van der Waals surface area contributed by atoms with Gasteiger partial charge in [0.15, 0.2) is 6.29 Å². The van der Waals surface area contributed by atoms with Gasteiger partial charge in [-0.15, -0.1) is 5.10 Å². The number of ether oxygens (including phenoxy) is 2. The van der Waals surface area contributed by atoms with E-state index in [1.54, 1.807) is 0 Å². The van der Waals surface area contributed by atoms with Gasteiger partial charge in [-0.05, 0) is 16.3 Å². The van der Waals surface area contributed by atoms with Crippen LogP contribution < -0.4 is 5.19 Å². The van der Waals surface area contributed by atoms with Gasteiger partial charge in [-0.1, -0.05) is 45.1 Å². The fourth-order valence-corrected chi connectivity index (χ4v) is 5.00. The molecule has 1 fully saturated rings. The Morgan fingerprint density at radius 3 is 2.41 bits per heavy atom. The number of nitrogens with zero attached hydrogens (tertiary/aromatic N) is 3. The minimum atomic E-state index is -1.73. The molecule has 3 rings (SSSR count). The van der Waals surface area contributed by atoms with Crippen LogP contribution in [0.15, 0.2) is 12.1 Å². The molecule has 0 spiro atoms. The van der Waals surface area contributed by atoms with Gasteiger partial charge in [0.1, 0.15) is 5.52 Å². The first-order valence-corrected chi connectivity index (χ1v) is 10.8. The third-order valence-corrected chi connectivity index (χ3v) is 10.6. The summed E-state index contributed by atoms with van der Waals surface area (Å²) in [6, 6.07) is 4.31. The predicted molar refractivity (Wildman–Crippen MR) is 90.0 cm³/mol. The van der Waals surface area contributed by atoms with Crippen LogP contribution in [0.4, 0.5) is 0 Å². The normalized spacial score (nSPS) is 17.5. The molecule has 2 heterocycles. The molecular formula is C16H25N3O2Si. The van der Waals surface area contributed by atoms with Gasteiger partial charge in [0, 0.05) is 12.6 Å². The summed E-state index contributed by atoms with van der Waals surface area (Å²) in [4.78, 5) is 0. The summed E-state index contributed by atoms with van der Waals surface area (Å²) in [6.07, 6.45) is -0.269. The van der Waals surface area contributed by atoms with Gasteiger partial charge in [-0.25, -0.2) is 4.68 Å². The van der Waals surface area contributed by atoms with E-state index in [-0.39, 0.29) is 11.3 Å². The smallest absolute Gasteiger partial charge is 0.184 e. The van der Waals surface area contributed by atoms with Crippen molar-refractivity contribution in [3.63, 3.8) is 0 Å². The highest BCUT2D eigenvalue weighted by atomic mass is 28.3. The van der Waals surface area contributed by atoms with E-state index in [1.807, 2.05) is 11.7 Å². The Hall–Kier alpha value is -1.24. The summed E-state index contributed by atoms with van der Waals surface area (Å²) in [5.74, 6) is 0. The largest absolute Gasteiger partial charge is 0.346 e. The Morgan fingerprint density at radius 1 is 1.18 bits per heavy atom. The molecule has 0 unspecified atom stereocenters. The lowest BCUT2D eigenvalue weighted by Gasteiger charge is -2.38. The molecule has 1 aliphatic rings.